The molecule has 1 N–H and O–H groups in total. The Kier molecular flexibility index (Phi) is 5.30. The molecule has 0 saturated carbocycles. The second-order valence-electron chi connectivity index (χ2n) is 4.74. The first kappa shape index (κ1) is 15.5. The van der Waals surface area contributed by atoms with Gasteiger partial charge in [0.1, 0.15) is 0 Å². The van der Waals surface area contributed by atoms with E-state index in [0.29, 0.717) is 18.1 Å². The van der Waals surface area contributed by atoms with Crippen LogP contribution in [0.15, 0.2) is 30.5 Å². The summed E-state index contributed by atoms with van der Waals surface area (Å²) in [5, 5.41) is 17.7. The van der Waals surface area contributed by atoms with E-state index < -0.39 is 5.97 Å². The Morgan fingerprint density at radius 1 is 1.38 bits per heavy atom. The SMILES string of the molecule is CCCN(CC(=O)O)Cc1cn(-c2ccc(Cl)cc2)nn1. The fourth-order valence-corrected chi connectivity index (χ4v) is 2.17. The van der Waals surface area contributed by atoms with Gasteiger partial charge >= 0.3 is 5.97 Å². The van der Waals surface area contributed by atoms with Crippen molar-refractivity contribution in [2.45, 2.75) is 19.9 Å². The van der Waals surface area contributed by atoms with Crippen LogP contribution in [0, 0.1) is 0 Å². The van der Waals surface area contributed by atoms with Gasteiger partial charge in [0.2, 0.25) is 0 Å². The van der Waals surface area contributed by atoms with Crippen LogP contribution in [0.25, 0.3) is 5.69 Å². The lowest BCUT2D eigenvalue weighted by Crippen LogP contribution is -2.30. The van der Waals surface area contributed by atoms with E-state index in [4.69, 9.17) is 16.7 Å². The normalized spacial score (nSPS) is 11.0. The van der Waals surface area contributed by atoms with Crippen molar-refractivity contribution >= 4 is 17.6 Å². The monoisotopic (exact) mass is 308 g/mol. The van der Waals surface area contributed by atoms with Crippen molar-refractivity contribution in [1.29, 1.82) is 0 Å². The van der Waals surface area contributed by atoms with Gasteiger partial charge in [0.15, 0.2) is 0 Å². The Balaban J connectivity index is 2.07. The van der Waals surface area contributed by atoms with Gasteiger partial charge in [-0.1, -0.05) is 23.7 Å². The van der Waals surface area contributed by atoms with Crippen molar-refractivity contribution in [2.24, 2.45) is 0 Å². The van der Waals surface area contributed by atoms with E-state index in [-0.39, 0.29) is 6.54 Å². The van der Waals surface area contributed by atoms with Crippen molar-refractivity contribution in [1.82, 2.24) is 19.9 Å². The average Bonchev–Trinajstić information content (AvgIpc) is 2.87. The summed E-state index contributed by atoms with van der Waals surface area (Å²) in [5.74, 6) is -0.839. The summed E-state index contributed by atoms with van der Waals surface area (Å²) in [7, 11) is 0. The first-order chi connectivity index (χ1) is 10.1. The summed E-state index contributed by atoms with van der Waals surface area (Å²) in [6.07, 6.45) is 2.69. The van der Waals surface area contributed by atoms with Crippen LogP contribution in [0.4, 0.5) is 0 Å². The Bertz CT molecular complexity index is 597. The highest BCUT2D eigenvalue weighted by atomic mass is 35.5. The molecule has 2 rings (SSSR count). The summed E-state index contributed by atoms with van der Waals surface area (Å²) >= 11 is 5.85. The molecule has 1 aromatic heterocycles. The van der Waals surface area contributed by atoms with Crippen LogP contribution in [0.5, 0.6) is 0 Å². The molecule has 0 radical (unpaired) electrons. The number of halogens is 1. The fourth-order valence-electron chi connectivity index (χ4n) is 2.04. The van der Waals surface area contributed by atoms with Crippen molar-refractivity contribution < 1.29 is 9.90 Å². The minimum Gasteiger partial charge on any atom is -0.480 e. The molecule has 0 atom stereocenters. The Labute approximate surface area is 127 Å². The van der Waals surface area contributed by atoms with E-state index in [1.807, 2.05) is 24.0 Å². The highest BCUT2D eigenvalue weighted by molar-refractivity contribution is 6.30. The average molecular weight is 309 g/mol. The maximum Gasteiger partial charge on any atom is 0.317 e. The van der Waals surface area contributed by atoms with Gasteiger partial charge in [0, 0.05) is 11.6 Å². The van der Waals surface area contributed by atoms with E-state index in [2.05, 4.69) is 10.3 Å². The number of hydrogen-bond acceptors (Lipinski definition) is 4. The highest BCUT2D eigenvalue weighted by Crippen LogP contribution is 2.13. The summed E-state index contributed by atoms with van der Waals surface area (Å²) in [4.78, 5) is 12.7. The Hall–Kier alpha value is -1.92. The molecule has 1 heterocycles. The van der Waals surface area contributed by atoms with Gasteiger partial charge < -0.3 is 5.11 Å². The molecule has 0 aliphatic carbocycles. The summed E-state index contributed by atoms with van der Waals surface area (Å²) < 4.78 is 1.65. The number of hydrogen-bond donors (Lipinski definition) is 1. The molecule has 0 fully saturated rings. The van der Waals surface area contributed by atoms with Crippen LogP contribution < -0.4 is 0 Å². The number of carboxylic acid groups (broad SMARTS) is 1. The molecule has 0 aliphatic heterocycles. The van der Waals surface area contributed by atoms with E-state index in [9.17, 15) is 4.79 Å². The van der Waals surface area contributed by atoms with Gasteiger partial charge in [0.05, 0.1) is 24.1 Å². The van der Waals surface area contributed by atoms with E-state index in [1.54, 1.807) is 23.0 Å². The zero-order valence-corrected chi connectivity index (χ0v) is 12.5. The molecule has 0 bridgehead atoms. The van der Waals surface area contributed by atoms with Crippen molar-refractivity contribution in [3.63, 3.8) is 0 Å². The van der Waals surface area contributed by atoms with Crippen LogP contribution in [0.3, 0.4) is 0 Å². The second kappa shape index (κ2) is 7.19. The van der Waals surface area contributed by atoms with E-state index in [0.717, 1.165) is 17.8 Å². The molecule has 0 saturated heterocycles. The molecule has 21 heavy (non-hydrogen) atoms. The number of carboxylic acids is 1. The van der Waals surface area contributed by atoms with Gasteiger partial charge in [-0.3, -0.25) is 9.69 Å². The first-order valence-corrected chi connectivity index (χ1v) is 7.07. The van der Waals surface area contributed by atoms with Gasteiger partial charge in [0.25, 0.3) is 0 Å². The quantitative estimate of drug-likeness (QED) is 0.849. The van der Waals surface area contributed by atoms with E-state index in [1.165, 1.54) is 0 Å². The smallest absolute Gasteiger partial charge is 0.317 e. The number of nitrogens with zero attached hydrogens (tertiary/aromatic N) is 4. The molecule has 0 unspecified atom stereocenters. The maximum absolute atomic E-state index is 10.8. The lowest BCUT2D eigenvalue weighted by Gasteiger charge is -2.17. The van der Waals surface area contributed by atoms with Gasteiger partial charge in [-0.2, -0.15) is 0 Å². The number of benzene rings is 1. The second-order valence-corrected chi connectivity index (χ2v) is 5.17. The van der Waals surface area contributed by atoms with Crippen molar-refractivity contribution in [3.8, 4) is 5.69 Å². The fraction of sp³-hybridized carbons (Fsp3) is 0.357. The molecule has 1 aromatic carbocycles. The third-order valence-corrected chi connectivity index (χ3v) is 3.17. The summed E-state index contributed by atoms with van der Waals surface area (Å²) in [5.41, 5.74) is 1.60. The largest absolute Gasteiger partial charge is 0.480 e. The van der Waals surface area contributed by atoms with Gasteiger partial charge in [-0.15, -0.1) is 5.10 Å². The molecule has 6 nitrogen and oxygen atoms in total. The minimum absolute atomic E-state index is 0.00163. The van der Waals surface area contributed by atoms with Crippen LogP contribution >= 0.6 is 11.6 Å². The molecular weight excluding hydrogens is 292 g/mol. The van der Waals surface area contributed by atoms with Gasteiger partial charge in [-0.25, -0.2) is 4.68 Å². The maximum atomic E-state index is 10.8. The summed E-state index contributed by atoms with van der Waals surface area (Å²) in [6, 6.07) is 7.27. The predicted molar refractivity (Wildman–Crippen MR) is 79.6 cm³/mol. The number of carbonyl (C=O) groups is 1. The van der Waals surface area contributed by atoms with Crippen LogP contribution in [0.1, 0.15) is 19.0 Å². The first-order valence-electron chi connectivity index (χ1n) is 6.70. The standard InChI is InChI=1S/C14H17ClN4O2/c1-2-7-18(10-14(20)21)8-12-9-19(17-16-12)13-5-3-11(15)4-6-13/h3-6,9H,2,7-8,10H2,1H3,(H,20,21). The lowest BCUT2D eigenvalue weighted by molar-refractivity contribution is -0.138. The Morgan fingerprint density at radius 3 is 2.71 bits per heavy atom. The van der Waals surface area contributed by atoms with Crippen LogP contribution in [-0.4, -0.2) is 44.1 Å². The number of aliphatic carboxylic acids is 1. The molecule has 0 amide bonds. The topological polar surface area (TPSA) is 71.2 Å². The van der Waals surface area contributed by atoms with Crippen LogP contribution in [-0.2, 0) is 11.3 Å². The van der Waals surface area contributed by atoms with Crippen molar-refractivity contribution in [2.75, 3.05) is 13.1 Å². The van der Waals surface area contributed by atoms with E-state index >= 15 is 0 Å². The molecule has 0 spiro atoms. The number of aromatic nitrogens is 3. The minimum atomic E-state index is -0.839. The van der Waals surface area contributed by atoms with Crippen molar-refractivity contribution in [3.05, 3.63) is 41.2 Å². The molecule has 7 heteroatoms. The zero-order valence-electron chi connectivity index (χ0n) is 11.7. The third-order valence-electron chi connectivity index (χ3n) is 2.92. The lowest BCUT2D eigenvalue weighted by atomic mass is 10.3. The van der Waals surface area contributed by atoms with Crippen LogP contribution in [0.2, 0.25) is 5.02 Å². The molecule has 0 aliphatic rings. The molecule has 112 valence electrons. The third kappa shape index (κ3) is 4.54. The van der Waals surface area contributed by atoms with Gasteiger partial charge in [-0.05, 0) is 37.2 Å². The molecule has 2 aromatic rings. The highest BCUT2D eigenvalue weighted by Gasteiger charge is 2.12. The zero-order chi connectivity index (χ0) is 15.2. The predicted octanol–water partition coefficient (Wildman–Crippen LogP) is 2.22. The summed E-state index contributed by atoms with van der Waals surface area (Å²) in [6.45, 7) is 3.19. The molecular formula is C14H17ClN4O2. The number of rotatable bonds is 7. The Morgan fingerprint density at radius 2 is 2.10 bits per heavy atom.